The third kappa shape index (κ3) is 8.13. The largest absolute Gasteiger partial charge is 0.375 e. The molecule has 2 N–H and O–H groups in total. The monoisotopic (exact) mass is 207 g/mol. The van der Waals surface area contributed by atoms with Crippen LogP contribution in [0.25, 0.3) is 0 Å². The van der Waals surface area contributed by atoms with Crippen LogP contribution in [0.2, 0.25) is 0 Å². The fraction of sp³-hybridized carbons (Fsp3) is 0.800. The first-order valence-electron chi connectivity index (χ1n) is 4.84. The first kappa shape index (κ1) is 13.5. The molecule has 0 aromatic heterocycles. The average molecular weight is 207 g/mol. The van der Waals surface area contributed by atoms with Gasteiger partial charge in [0, 0.05) is 12.6 Å². The Balaban J connectivity index is 3.35. The van der Waals surface area contributed by atoms with E-state index in [-0.39, 0.29) is 6.04 Å². The van der Waals surface area contributed by atoms with Crippen molar-refractivity contribution in [3.05, 3.63) is 12.2 Å². The summed E-state index contributed by atoms with van der Waals surface area (Å²) in [6.07, 6.45) is -0.136. The molecule has 0 amide bonds. The fourth-order valence-corrected chi connectivity index (χ4v) is 1.02. The molecule has 2 nitrogen and oxygen atoms in total. The van der Waals surface area contributed by atoms with Crippen molar-refractivity contribution in [1.29, 1.82) is 0 Å². The van der Waals surface area contributed by atoms with Gasteiger partial charge in [-0.25, -0.2) is 8.78 Å². The number of alkyl halides is 2. The van der Waals surface area contributed by atoms with Gasteiger partial charge in [-0.15, -0.1) is 0 Å². The number of ether oxygens (including phenoxy) is 1. The van der Waals surface area contributed by atoms with Gasteiger partial charge < -0.3 is 10.5 Å². The number of halogens is 2. The lowest BCUT2D eigenvalue weighted by Gasteiger charge is -2.12. The Hall–Kier alpha value is -0.480. The SMILES string of the molecule is C=C(CC)CC(N)CCOCC(F)F. The average Bonchev–Trinajstić information content (AvgIpc) is 2.12. The zero-order valence-electron chi connectivity index (χ0n) is 8.64. The zero-order chi connectivity index (χ0) is 11.0. The van der Waals surface area contributed by atoms with E-state index in [9.17, 15) is 8.78 Å². The molecule has 14 heavy (non-hydrogen) atoms. The Morgan fingerprint density at radius 1 is 1.50 bits per heavy atom. The highest BCUT2D eigenvalue weighted by molar-refractivity contribution is 4.95. The molecule has 84 valence electrons. The maximum Gasteiger partial charge on any atom is 0.261 e. The lowest BCUT2D eigenvalue weighted by Crippen LogP contribution is -2.23. The van der Waals surface area contributed by atoms with E-state index in [1.165, 1.54) is 0 Å². The van der Waals surface area contributed by atoms with E-state index in [1.807, 2.05) is 6.92 Å². The van der Waals surface area contributed by atoms with Gasteiger partial charge >= 0.3 is 0 Å². The van der Waals surface area contributed by atoms with Crippen molar-refractivity contribution in [2.75, 3.05) is 13.2 Å². The third-order valence-corrected chi connectivity index (χ3v) is 1.93. The lowest BCUT2D eigenvalue weighted by atomic mass is 10.0. The number of hydrogen-bond donors (Lipinski definition) is 1. The topological polar surface area (TPSA) is 35.2 Å². The van der Waals surface area contributed by atoms with Crippen LogP contribution >= 0.6 is 0 Å². The lowest BCUT2D eigenvalue weighted by molar-refractivity contribution is 0.0153. The van der Waals surface area contributed by atoms with Crippen molar-refractivity contribution in [3.8, 4) is 0 Å². The van der Waals surface area contributed by atoms with Gasteiger partial charge in [-0.2, -0.15) is 0 Å². The molecule has 0 saturated carbocycles. The minimum absolute atomic E-state index is 0.0277. The molecule has 4 heteroatoms. The predicted octanol–water partition coefficient (Wildman–Crippen LogP) is 2.34. The molecule has 0 aromatic rings. The molecule has 1 atom stereocenters. The second-order valence-electron chi connectivity index (χ2n) is 3.32. The number of rotatable bonds is 8. The van der Waals surface area contributed by atoms with Gasteiger partial charge in [0.25, 0.3) is 6.43 Å². The van der Waals surface area contributed by atoms with Crippen LogP contribution in [0.3, 0.4) is 0 Å². The highest BCUT2D eigenvalue weighted by Gasteiger charge is 2.05. The van der Waals surface area contributed by atoms with E-state index in [0.717, 1.165) is 18.4 Å². The maximum atomic E-state index is 11.7. The molecule has 0 fully saturated rings. The normalized spacial score (nSPS) is 13.2. The molecule has 0 bridgehead atoms. The summed E-state index contributed by atoms with van der Waals surface area (Å²) in [4.78, 5) is 0. The minimum Gasteiger partial charge on any atom is -0.375 e. The van der Waals surface area contributed by atoms with Crippen molar-refractivity contribution in [2.24, 2.45) is 5.73 Å². The zero-order valence-corrected chi connectivity index (χ0v) is 8.64. The summed E-state index contributed by atoms with van der Waals surface area (Å²) >= 11 is 0. The van der Waals surface area contributed by atoms with E-state index < -0.39 is 13.0 Å². The van der Waals surface area contributed by atoms with Gasteiger partial charge in [0.1, 0.15) is 6.61 Å². The summed E-state index contributed by atoms with van der Waals surface area (Å²) in [6.45, 7) is 5.64. The Morgan fingerprint density at radius 3 is 2.64 bits per heavy atom. The van der Waals surface area contributed by atoms with Gasteiger partial charge in [-0.1, -0.05) is 19.1 Å². The van der Waals surface area contributed by atoms with Gasteiger partial charge in [0.15, 0.2) is 0 Å². The maximum absolute atomic E-state index is 11.7. The standard InChI is InChI=1S/C10H19F2NO/c1-3-8(2)6-9(13)4-5-14-7-10(11)12/h9-10H,2-7,13H2,1H3. The molecule has 0 spiro atoms. The van der Waals surface area contributed by atoms with Crippen LogP contribution < -0.4 is 5.73 Å². The van der Waals surface area contributed by atoms with Gasteiger partial charge in [-0.05, 0) is 19.3 Å². The summed E-state index contributed by atoms with van der Waals surface area (Å²) in [7, 11) is 0. The van der Waals surface area contributed by atoms with Crippen molar-refractivity contribution in [1.82, 2.24) is 0 Å². The predicted molar refractivity (Wildman–Crippen MR) is 53.5 cm³/mol. The summed E-state index contributed by atoms with van der Waals surface area (Å²) in [5.41, 5.74) is 6.83. The first-order chi connectivity index (χ1) is 6.56. The van der Waals surface area contributed by atoms with Crippen molar-refractivity contribution in [2.45, 2.75) is 38.7 Å². The fourth-order valence-electron chi connectivity index (χ4n) is 1.02. The van der Waals surface area contributed by atoms with Crippen LogP contribution in [0.5, 0.6) is 0 Å². The van der Waals surface area contributed by atoms with Crippen molar-refractivity contribution < 1.29 is 13.5 Å². The Labute approximate surface area is 84.1 Å². The second-order valence-corrected chi connectivity index (χ2v) is 3.32. The van der Waals surface area contributed by atoms with Gasteiger partial charge in [-0.3, -0.25) is 0 Å². The van der Waals surface area contributed by atoms with E-state index >= 15 is 0 Å². The third-order valence-electron chi connectivity index (χ3n) is 1.93. The quantitative estimate of drug-likeness (QED) is 0.490. The van der Waals surface area contributed by atoms with Crippen LogP contribution in [-0.2, 0) is 4.74 Å². The van der Waals surface area contributed by atoms with Crippen LogP contribution in [0.4, 0.5) is 8.78 Å². The molecule has 0 saturated heterocycles. The summed E-state index contributed by atoms with van der Waals surface area (Å²) in [6, 6.07) is -0.0277. The summed E-state index contributed by atoms with van der Waals surface area (Å²) in [5, 5.41) is 0. The number of nitrogens with two attached hydrogens (primary N) is 1. The second kappa shape index (κ2) is 7.88. The van der Waals surface area contributed by atoms with Crippen LogP contribution in [0, 0.1) is 0 Å². The van der Waals surface area contributed by atoms with E-state index in [4.69, 9.17) is 10.5 Å². The Morgan fingerprint density at radius 2 is 2.14 bits per heavy atom. The van der Waals surface area contributed by atoms with Crippen LogP contribution in [0.15, 0.2) is 12.2 Å². The smallest absolute Gasteiger partial charge is 0.261 e. The van der Waals surface area contributed by atoms with Crippen LogP contribution in [0.1, 0.15) is 26.2 Å². The van der Waals surface area contributed by atoms with Gasteiger partial charge in [0.05, 0.1) is 0 Å². The summed E-state index contributed by atoms with van der Waals surface area (Å²) in [5.74, 6) is 0. The summed E-state index contributed by atoms with van der Waals surface area (Å²) < 4.78 is 28.0. The molecule has 0 aromatic carbocycles. The molecule has 1 unspecified atom stereocenters. The van der Waals surface area contributed by atoms with E-state index in [1.54, 1.807) is 0 Å². The van der Waals surface area contributed by atoms with E-state index in [0.29, 0.717) is 13.0 Å². The highest BCUT2D eigenvalue weighted by Crippen LogP contribution is 2.07. The molecular formula is C10H19F2NO. The first-order valence-corrected chi connectivity index (χ1v) is 4.84. The van der Waals surface area contributed by atoms with Gasteiger partial charge in [0.2, 0.25) is 0 Å². The number of hydrogen-bond acceptors (Lipinski definition) is 2. The molecule has 0 aliphatic carbocycles. The molecular weight excluding hydrogens is 188 g/mol. The minimum atomic E-state index is -2.39. The highest BCUT2D eigenvalue weighted by atomic mass is 19.3. The van der Waals surface area contributed by atoms with Crippen molar-refractivity contribution in [3.63, 3.8) is 0 Å². The van der Waals surface area contributed by atoms with E-state index in [2.05, 4.69) is 6.58 Å². The van der Waals surface area contributed by atoms with Crippen molar-refractivity contribution >= 4 is 0 Å². The molecule has 0 heterocycles. The van der Waals surface area contributed by atoms with Crippen LogP contribution in [-0.4, -0.2) is 25.7 Å². The molecule has 0 rings (SSSR count). The molecule has 0 aliphatic rings. The Bertz CT molecular complexity index is 162. The Kier molecular flexibility index (Phi) is 7.61. The molecule has 0 radical (unpaired) electrons. The molecule has 0 aliphatic heterocycles.